The first-order valence-electron chi connectivity index (χ1n) is 6.76. The molecule has 0 bridgehead atoms. The maximum absolute atomic E-state index is 11.2. The average Bonchev–Trinajstić information content (AvgIpc) is 2.47. The maximum Gasteiger partial charge on any atom is 0.248 e. The van der Waals surface area contributed by atoms with Gasteiger partial charge in [-0.25, -0.2) is 9.97 Å². The van der Waals surface area contributed by atoms with E-state index < -0.39 is 5.91 Å². The van der Waals surface area contributed by atoms with E-state index in [-0.39, 0.29) is 0 Å². The van der Waals surface area contributed by atoms with Gasteiger partial charge in [-0.2, -0.15) is 0 Å². The summed E-state index contributed by atoms with van der Waals surface area (Å²) in [6.07, 6.45) is 4.01. The first-order chi connectivity index (χ1) is 9.72. The van der Waals surface area contributed by atoms with Gasteiger partial charge >= 0.3 is 0 Å². The van der Waals surface area contributed by atoms with Crippen LogP contribution in [-0.4, -0.2) is 35.0 Å². The van der Waals surface area contributed by atoms with Crippen molar-refractivity contribution in [3.05, 3.63) is 30.0 Å². The van der Waals surface area contributed by atoms with E-state index >= 15 is 0 Å². The van der Waals surface area contributed by atoms with E-state index in [0.29, 0.717) is 17.6 Å². The molecule has 0 radical (unpaired) electrons. The number of carbonyl (C=O) groups is 1. The van der Waals surface area contributed by atoms with Crippen LogP contribution >= 0.6 is 0 Å². The lowest BCUT2D eigenvalue weighted by Gasteiger charge is -2.23. The maximum atomic E-state index is 11.2. The van der Waals surface area contributed by atoms with E-state index in [4.69, 9.17) is 5.73 Å². The Kier molecular flexibility index (Phi) is 3.47. The van der Waals surface area contributed by atoms with E-state index in [1.54, 1.807) is 24.4 Å². The number of anilines is 1. The average molecular weight is 271 g/mol. The number of fused-ring (bicyclic) bond motifs is 1. The molecule has 1 amide bonds. The standard InChI is InChI=1S/C14H17N5O/c15-13(20)9-3-4-10-7-17-14(19-12(10)6-9)18-11-2-1-5-16-8-11/h3-4,6-7,11,16H,1-2,5,8H2,(H2,15,20)(H,17,18,19)/t11-/m1/s1. The minimum Gasteiger partial charge on any atom is -0.366 e. The monoisotopic (exact) mass is 271 g/mol. The Morgan fingerprint density at radius 3 is 3.10 bits per heavy atom. The van der Waals surface area contributed by atoms with Crippen LogP contribution < -0.4 is 16.4 Å². The number of rotatable bonds is 3. The Labute approximate surface area is 116 Å². The van der Waals surface area contributed by atoms with Crippen LogP contribution in [0.1, 0.15) is 23.2 Å². The topological polar surface area (TPSA) is 92.9 Å². The molecule has 2 heterocycles. The molecule has 20 heavy (non-hydrogen) atoms. The normalized spacial score (nSPS) is 18.9. The molecular formula is C14H17N5O. The quantitative estimate of drug-likeness (QED) is 0.771. The van der Waals surface area contributed by atoms with Gasteiger partial charge in [0.15, 0.2) is 0 Å². The third kappa shape index (κ3) is 2.70. The van der Waals surface area contributed by atoms with Crippen molar-refractivity contribution in [2.45, 2.75) is 18.9 Å². The van der Waals surface area contributed by atoms with Gasteiger partial charge < -0.3 is 16.4 Å². The first kappa shape index (κ1) is 12.8. The van der Waals surface area contributed by atoms with E-state index in [9.17, 15) is 4.79 Å². The minimum atomic E-state index is -0.448. The van der Waals surface area contributed by atoms with Crippen molar-refractivity contribution in [1.29, 1.82) is 0 Å². The van der Waals surface area contributed by atoms with Crippen molar-refractivity contribution in [3.63, 3.8) is 0 Å². The summed E-state index contributed by atoms with van der Waals surface area (Å²) in [6.45, 7) is 1.99. The molecule has 0 unspecified atom stereocenters. The zero-order valence-electron chi connectivity index (χ0n) is 11.1. The molecule has 0 aliphatic carbocycles. The Morgan fingerprint density at radius 1 is 1.45 bits per heavy atom. The lowest BCUT2D eigenvalue weighted by Crippen LogP contribution is -2.38. The number of nitrogens with one attached hydrogen (secondary N) is 2. The lowest BCUT2D eigenvalue weighted by atomic mass is 10.1. The number of benzene rings is 1. The van der Waals surface area contributed by atoms with Crippen LogP contribution in [0.25, 0.3) is 10.9 Å². The largest absolute Gasteiger partial charge is 0.366 e. The smallest absolute Gasteiger partial charge is 0.248 e. The SMILES string of the molecule is NC(=O)c1ccc2cnc(N[C@@H]3CCCNC3)nc2c1. The summed E-state index contributed by atoms with van der Waals surface area (Å²) in [5.74, 6) is 0.143. The molecule has 104 valence electrons. The Bertz CT molecular complexity index is 636. The summed E-state index contributed by atoms with van der Waals surface area (Å²) >= 11 is 0. The molecule has 6 nitrogen and oxygen atoms in total. The van der Waals surface area contributed by atoms with Gasteiger partial charge in [-0.3, -0.25) is 4.79 Å². The highest BCUT2D eigenvalue weighted by Crippen LogP contribution is 2.16. The zero-order chi connectivity index (χ0) is 13.9. The Balaban J connectivity index is 1.86. The second kappa shape index (κ2) is 5.42. The second-order valence-corrected chi connectivity index (χ2v) is 5.02. The molecule has 1 aliphatic rings. The third-order valence-electron chi connectivity index (χ3n) is 3.50. The van der Waals surface area contributed by atoms with Crippen molar-refractivity contribution in [3.8, 4) is 0 Å². The van der Waals surface area contributed by atoms with Crippen LogP contribution in [0.15, 0.2) is 24.4 Å². The molecule has 0 spiro atoms. The fourth-order valence-electron chi connectivity index (χ4n) is 2.40. The third-order valence-corrected chi connectivity index (χ3v) is 3.50. The van der Waals surface area contributed by atoms with Crippen LogP contribution in [0.5, 0.6) is 0 Å². The van der Waals surface area contributed by atoms with Gasteiger partial charge in [0, 0.05) is 29.7 Å². The van der Waals surface area contributed by atoms with Gasteiger partial charge in [-0.15, -0.1) is 0 Å². The summed E-state index contributed by atoms with van der Waals surface area (Å²) in [5.41, 5.74) is 6.47. The summed E-state index contributed by atoms with van der Waals surface area (Å²) in [7, 11) is 0. The molecule has 1 atom stereocenters. The number of nitrogens with two attached hydrogens (primary N) is 1. The number of hydrogen-bond acceptors (Lipinski definition) is 5. The highest BCUT2D eigenvalue weighted by molar-refractivity contribution is 5.96. The van der Waals surface area contributed by atoms with Gasteiger partial charge in [-0.1, -0.05) is 6.07 Å². The molecule has 2 aromatic rings. The number of aromatic nitrogens is 2. The summed E-state index contributed by atoms with van der Waals surface area (Å²) in [6, 6.07) is 5.54. The Morgan fingerprint density at radius 2 is 2.35 bits per heavy atom. The number of amides is 1. The molecule has 1 aromatic carbocycles. The molecule has 6 heteroatoms. The molecule has 0 saturated carbocycles. The zero-order valence-corrected chi connectivity index (χ0v) is 11.1. The molecule has 1 aromatic heterocycles. The predicted octanol–water partition coefficient (Wildman–Crippen LogP) is 0.893. The predicted molar refractivity (Wildman–Crippen MR) is 77.6 cm³/mol. The van der Waals surface area contributed by atoms with Crippen LogP contribution in [0.3, 0.4) is 0 Å². The fraction of sp³-hybridized carbons (Fsp3) is 0.357. The van der Waals surface area contributed by atoms with Crippen LogP contribution in [0, 0.1) is 0 Å². The van der Waals surface area contributed by atoms with Crippen molar-refractivity contribution in [1.82, 2.24) is 15.3 Å². The van der Waals surface area contributed by atoms with Crippen LogP contribution in [0.4, 0.5) is 5.95 Å². The van der Waals surface area contributed by atoms with Crippen molar-refractivity contribution >= 4 is 22.8 Å². The van der Waals surface area contributed by atoms with Gasteiger partial charge in [0.2, 0.25) is 11.9 Å². The van der Waals surface area contributed by atoms with Crippen molar-refractivity contribution in [2.24, 2.45) is 5.73 Å². The highest BCUT2D eigenvalue weighted by atomic mass is 16.1. The molecule has 1 fully saturated rings. The summed E-state index contributed by atoms with van der Waals surface area (Å²) in [4.78, 5) is 20.0. The highest BCUT2D eigenvalue weighted by Gasteiger charge is 2.13. The van der Waals surface area contributed by atoms with E-state index in [2.05, 4.69) is 20.6 Å². The van der Waals surface area contributed by atoms with Gasteiger partial charge in [0.1, 0.15) is 0 Å². The van der Waals surface area contributed by atoms with Gasteiger partial charge in [0.25, 0.3) is 0 Å². The second-order valence-electron chi connectivity index (χ2n) is 5.02. The Hall–Kier alpha value is -2.21. The van der Waals surface area contributed by atoms with Crippen molar-refractivity contribution < 1.29 is 4.79 Å². The van der Waals surface area contributed by atoms with Gasteiger partial charge in [-0.05, 0) is 31.5 Å². The first-order valence-corrected chi connectivity index (χ1v) is 6.76. The molecular weight excluding hydrogens is 254 g/mol. The molecule has 1 aliphatic heterocycles. The number of nitrogens with zero attached hydrogens (tertiary/aromatic N) is 2. The summed E-state index contributed by atoms with van der Waals surface area (Å²) in [5, 5.41) is 7.55. The number of hydrogen-bond donors (Lipinski definition) is 3. The summed E-state index contributed by atoms with van der Waals surface area (Å²) < 4.78 is 0. The van der Waals surface area contributed by atoms with E-state index in [0.717, 1.165) is 36.8 Å². The van der Waals surface area contributed by atoms with E-state index in [1.165, 1.54) is 0 Å². The molecule has 1 saturated heterocycles. The molecule has 4 N–H and O–H groups in total. The number of piperidine rings is 1. The van der Waals surface area contributed by atoms with Gasteiger partial charge in [0.05, 0.1) is 5.52 Å². The fourth-order valence-corrected chi connectivity index (χ4v) is 2.40. The van der Waals surface area contributed by atoms with Crippen LogP contribution in [-0.2, 0) is 0 Å². The van der Waals surface area contributed by atoms with Crippen LogP contribution in [0.2, 0.25) is 0 Å². The lowest BCUT2D eigenvalue weighted by molar-refractivity contribution is 0.100. The van der Waals surface area contributed by atoms with Crippen molar-refractivity contribution in [2.75, 3.05) is 18.4 Å². The molecule has 3 rings (SSSR count). The number of primary amides is 1. The van der Waals surface area contributed by atoms with E-state index in [1.807, 2.05) is 0 Å². The minimum absolute atomic E-state index is 0.348. The number of carbonyl (C=O) groups excluding carboxylic acids is 1.